The Morgan fingerprint density at radius 2 is 1.65 bits per heavy atom. The number of rotatable bonds is 6. The Morgan fingerprint density at radius 1 is 0.935 bits per heavy atom. The molecule has 0 aromatic heterocycles. The number of hydrogen-bond donors (Lipinski definition) is 2. The maximum absolute atomic E-state index is 13.7. The van der Waals surface area contributed by atoms with Gasteiger partial charge in [0.15, 0.2) is 6.61 Å². The average molecular weight is 418 g/mol. The zero-order valence-electron chi connectivity index (χ0n) is 16.9. The highest BCUT2D eigenvalue weighted by molar-refractivity contribution is 5.97. The summed E-state index contributed by atoms with van der Waals surface area (Å²) in [6.07, 6.45) is 2.59. The van der Waals surface area contributed by atoms with Gasteiger partial charge in [-0.2, -0.15) is 0 Å². The molecule has 5 nitrogen and oxygen atoms in total. The van der Waals surface area contributed by atoms with Crippen molar-refractivity contribution in [3.05, 3.63) is 95.3 Å². The van der Waals surface area contributed by atoms with Crippen molar-refractivity contribution in [1.82, 2.24) is 5.32 Å². The summed E-state index contributed by atoms with van der Waals surface area (Å²) in [6.45, 7) is -0.338. The summed E-state index contributed by atoms with van der Waals surface area (Å²) >= 11 is 0. The van der Waals surface area contributed by atoms with Gasteiger partial charge in [0, 0.05) is 6.04 Å². The number of aryl methyl sites for hydroxylation is 1. The Labute approximate surface area is 180 Å². The summed E-state index contributed by atoms with van der Waals surface area (Å²) in [6, 6.07) is 21.0. The minimum atomic E-state index is -0.523. The second-order valence-electron chi connectivity index (χ2n) is 7.49. The van der Waals surface area contributed by atoms with E-state index in [0.29, 0.717) is 11.3 Å². The molecule has 0 saturated heterocycles. The molecule has 0 heterocycles. The lowest BCUT2D eigenvalue weighted by atomic mass is 9.88. The number of carbonyl (C=O) groups excluding carboxylic acids is 2. The van der Waals surface area contributed by atoms with E-state index < -0.39 is 11.7 Å². The number of nitrogens with one attached hydrogen (secondary N) is 2. The second kappa shape index (κ2) is 9.43. The molecule has 2 amide bonds. The van der Waals surface area contributed by atoms with Crippen LogP contribution in [-0.4, -0.2) is 24.5 Å². The van der Waals surface area contributed by atoms with Gasteiger partial charge in [0.1, 0.15) is 11.6 Å². The van der Waals surface area contributed by atoms with E-state index in [1.807, 2.05) is 12.1 Å². The highest BCUT2D eigenvalue weighted by Crippen LogP contribution is 2.23. The van der Waals surface area contributed by atoms with Crippen LogP contribution < -0.4 is 15.4 Å². The van der Waals surface area contributed by atoms with Crippen molar-refractivity contribution in [2.75, 3.05) is 11.9 Å². The SMILES string of the molecule is O=C(COc1ccccc1C(=O)NC1CCc2ccccc2C1)Nc1ccccc1F. The lowest BCUT2D eigenvalue weighted by Gasteiger charge is -2.25. The maximum Gasteiger partial charge on any atom is 0.262 e. The number of anilines is 1. The number of ether oxygens (including phenoxy) is 1. The van der Waals surface area contributed by atoms with E-state index in [-0.39, 0.29) is 24.2 Å². The van der Waals surface area contributed by atoms with Crippen LogP contribution in [0, 0.1) is 5.82 Å². The molecule has 31 heavy (non-hydrogen) atoms. The van der Waals surface area contributed by atoms with Gasteiger partial charge in [-0.15, -0.1) is 0 Å². The molecule has 1 aliphatic carbocycles. The lowest BCUT2D eigenvalue weighted by Crippen LogP contribution is -2.39. The number of benzene rings is 3. The molecule has 1 aliphatic rings. The molecule has 0 aliphatic heterocycles. The first-order chi connectivity index (χ1) is 15.1. The number of amides is 2. The summed E-state index contributed by atoms with van der Waals surface area (Å²) in [7, 11) is 0. The highest BCUT2D eigenvalue weighted by atomic mass is 19.1. The third-order valence-corrected chi connectivity index (χ3v) is 5.32. The van der Waals surface area contributed by atoms with E-state index in [4.69, 9.17) is 4.74 Å². The van der Waals surface area contributed by atoms with Crippen LogP contribution in [-0.2, 0) is 17.6 Å². The van der Waals surface area contributed by atoms with Crippen LogP contribution in [0.1, 0.15) is 27.9 Å². The van der Waals surface area contributed by atoms with E-state index >= 15 is 0 Å². The minimum Gasteiger partial charge on any atom is -0.483 e. The van der Waals surface area contributed by atoms with Crippen molar-refractivity contribution >= 4 is 17.5 Å². The fourth-order valence-corrected chi connectivity index (χ4v) is 3.76. The number of fused-ring (bicyclic) bond motifs is 1. The molecule has 4 rings (SSSR count). The Morgan fingerprint density at radius 3 is 2.48 bits per heavy atom. The monoisotopic (exact) mass is 418 g/mol. The van der Waals surface area contributed by atoms with Crippen molar-refractivity contribution in [2.45, 2.75) is 25.3 Å². The van der Waals surface area contributed by atoms with Crippen LogP contribution in [0.2, 0.25) is 0 Å². The molecule has 1 unspecified atom stereocenters. The molecular formula is C25H23FN2O3. The topological polar surface area (TPSA) is 67.4 Å². The Kier molecular flexibility index (Phi) is 6.26. The van der Waals surface area contributed by atoms with Gasteiger partial charge in [-0.3, -0.25) is 9.59 Å². The maximum atomic E-state index is 13.7. The average Bonchev–Trinajstić information content (AvgIpc) is 2.79. The van der Waals surface area contributed by atoms with Gasteiger partial charge in [-0.1, -0.05) is 48.5 Å². The van der Waals surface area contributed by atoms with Crippen molar-refractivity contribution in [2.24, 2.45) is 0 Å². The predicted octanol–water partition coefficient (Wildman–Crippen LogP) is 4.13. The van der Waals surface area contributed by atoms with Gasteiger partial charge in [-0.25, -0.2) is 4.39 Å². The Balaban J connectivity index is 1.37. The minimum absolute atomic E-state index is 0.0415. The fraction of sp³-hybridized carbons (Fsp3) is 0.200. The highest BCUT2D eigenvalue weighted by Gasteiger charge is 2.22. The largest absolute Gasteiger partial charge is 0.483 e. The molecule has 158 valence electrons. The predicted molar refractivity (Wildman–Crippen MR) is 117 cm³/mol. The quantitative estimate of drug-likeness (QED) is 0.633. The molecule has 3 aromatic carbocycles. The van der Waals surface area contributed by atoms with E-state index in [1.165, 1.54) is 23.3 Å². The number of hydrogen-bond acceptors (Lipinski definition) is 3. The molecule has 3 aromatic rings. The summed E-state index contributed by atoms with van der Waals surface area (Å²) in [4.78, 5) is 25.0. The van der Waals surface area contributed by atoms with Gasteiger partial charge in [-0.05, 0) is 54.7 Å². The van der Waals surface area contributed by atoms with Crippen LogP contribution >= 0.6 is 0 Å². The van der Waals surface area contributed by atoms with Crippen LogP contribution in [0.15, 0.2) is 72.8 Å². The first-order valence-corrected chi connectivity index (χ1v) is 10.2. The standard InChI is InChI=1S/C25H23FN2O3/c26-21-10-4-5-11-22(21)28-24(29)16-31-23-12-6-3-9-20(23)25(30)27-19-14-13-17-7-1-2-8-18(17)15-19/h1-12,19H,13-16H2,(H,27,30)(H,28,29). The third-order valence-electron chi connectivity index (χ3n) is 5.32. The lowest BCUT2D eigenvalue weighted by molar-refractivity contribution is -0.118. The van der Waals surface area contributed by atoms with Crippen LogP contribution in [0.4, 0.5) is 10.1 Å². The van der Waals surface area contributed by atoms with Crippen molar-refractivity contribution < 1.29 is 18.7 Å². The normalized spacial score (nSPS) is 14.9. The van der Waals surface area contributed by atoms with Crippen LogP contribution in [0.3, 0.4) is 0 Å². The molecule has 6 heteroatoms. The molecule has 0 bridgehead atoms. The Hall–Kier alpha value is -3.67. The van der Waals surface area contributed by atoms with Crippen molar-refractivity contribution in [1.29, 1.82) is 0 Å². The smallest absolute Gasteiger partial charge is 0.262 e. The number of para-hydroxylation sites is 2. The molecule has 0 fully saturated rings. The second-order valence-corrected chi connectivity index (χ2v) is 7.49. The van der Waals surface area contributed by atoms with Gasteiger partial charge in [0.05, 0.1) is 11.3 Å². The van der Waals surface area contributed by atoms with Crippen molar-refractivity contribution in [3.8, 4) is 5.75 Å². The molecule has 0 saturated carbocycles. The molecule has 0 spiro atoms. The van der Waals surface area contributed by atoms with Gasteiger partial charge < -0.3 is 15.4 Å². The Bertz CT molecular complexity index is 1100. The van der Waals surface area contributed by atoms with E-state index in [2.05, 4.69) is 22.8 Å². The van der Waals surface area contributed by atoms with E-state index in [1.54, 1.807) is 36.4 Å². The summed E-state index contributed by atoms with van der Waals surface area (Å²) in [5.41, 5.74) is 3.03. The first-order valence-electron chi connectivity index (χ1n) is 10.2. The van der Waals surface area contributed by atoms with Gasteiger partial charge >= 0.3 is 0 Å². The molecular weight excluding hydrogens is 395 g/mol. The molecule has 1 atom stereocenters. The fourth-order valence-electron chi connectivity index (χ4n) is 3.76. The third kappa shape index (κ3) is 5.09. The van der Waals surface area contributed by atoms with Crippen LogP contribution in [0.25, 0.3) is 0 Å². The van der Waals surface area contributed by atoms with Gasteiger partial charge in [0.2, 0.25) is 0 Å². The van der Waals surface area contributed by atoms with Crippen LogP contribution in [0.5, 0.6) is 5.75 Å². The summed E-state index contributed by atoms with van der Waals surface area (Å²) in [5, 5.41) is 5.55. The number of carbonyl (C=O) groups is 2. The first kappa shape index (κ1) is 20.6. The van der Waals surface area contributed by atoms with E-state index in [0.717, 1.165) is 19.3 Å². The molecule has 2 N–H and O–H groups in total. The van der Waals surface area contributed by atoms with Gasteiger partial charge in [0.25, 0.3) is 11.8 Å². The zero-order valence-corrected chi connectivity index (χ0v) is 16.9. The van der Waals surface area contributed by atoms with E-state index in [9.17, 15) is 14.0 Å². The summed E-state index contributed by atoms with van der Waals surface area (Å²) < 4.78 is 19.3. The summed E-state index contributed by atoms with van der Waals surface area (Å²) in [5.74, 6) is -0.969. The zero-order chi connectivity index (χ0) is 21.6. The van der Waals surface area contributed by atoms with Crippen molar-refractivity contribution in [3.63, 3.8) is 0 Å². The number of halogens is 1. The molecule has 0 radical (unpaired) electrons.